The van der Waals surface area contributed by atoms with Crippen LogP contribution < -0.4 is 4.74 Å². The minimum Gasteiger partial charge on any atom is -0.493 e. The summed E-state index contributed by atoms with van der Waals surface area (Å²) in [5, 5.41) is 11.9. The average Bonchev–Trinajstić information content (AvgIpc) is 3.67. The predicted molar refractivity (Wildman–Crippen MR) is 145 cm³/mol. The minimum absolute atomic E-state index is 0.0561. The number of H-pyrrole nitrogens is 1. The van der Waals surface area contributed by atoms with Crippen LogP contribution in [0.25, 0.3) is 27.6 Å². The Morgan fingerprint density at radius 2 is 1.95 bits per heavy atom. The van der Waals surface area contributed by atoms with Crippen LogP contribution in [0.3, 0.4) is 0 Å². The van der Waals surface area contributed by atoms with Gasteiger partial charge in [-0.05, 0) is 63.6 Å². The Kier molecular flexibility index (Phi) is 7.53. The SMILES string of the molecule is COc1cc(-c2[nH]nc(-c3nc(C)c(C4CCN(CC5CCOCC5)CC4)s3)c2CC(F)(F)F)cn2ncnc12. The lowest BCUT2D eigenvalue weighted by Gasteiger charge is -2.35. The number of hydrogen-bond acceptors (Lipinski definition) is 8. The summed E-state index contributed by atoms with van der Waals surface area (Å²) in [7, 11) is 1.48. The van der Waals surface area contributed by atoms with Crippen LogP contribution in [0.4, 0.5) is 13.2 Å². The molecule has 2 fully saturated rings. The normalized spacial score (nSPS) is 18.1. The van der Waals surface area contributed by atoms with Crippen molar-refractivity contribution in [1.29, 1.82) is 0 Å². The number of likely N-dealkylation sites (tertiary alicyclic amines) is 1. The molecule has 0 radical (unpaired) electrons. The van der Waals surface area contributed by atoms with Crippen LogP contribution in [0, 0.1) is 12.8 Å². The zero-order chi connectivity index (χ0) is 27.9. The zero-order valence-corrected chi connectivity index (χ0v) is 23.3. The smallest absolute Gasteiger partial charge is 0.393 e. The number of piperidine rings is 1. The Hall–Kier alpha value is -3.03. The maximum Gasteiger partial charge on any atom is 0.393 e. The highest BCUT2D eigenvalue weighted by Gasteiger charge is 2.34. The van der Waals surface area contributed by atoms with E-state index in [1.165, 1.54) is 29.3 Å². The van der Waals surface area contributed by atoms with Gasteiger partial charge >= 0.3 is 6.18 Å². The van der Waals surface area contributed by atoms with Crippen molar-refractivity contribution in [3.8, 4) is 27.7 Å². The molecule has 6 rings (SSSR count). The van der Waals surface area contributed by atoms with Crippen LogP contribution >= 0.6 is 11.3 Å². The number of pyridine rings is 1. The zero-order valence-electron chi connectivity index (χ0n) is 22.5. The van der Waals surface area contributed by atoms with E-state index in [1.807, 2.05) is 6.92 Å². The number of ether oxygens (including phenoxy) is 2. The minimum atomic E-state index is -4.43. The molecule has 0 atom stereocenters. The van der Waals surface area contributed by atoms with E-state index >= 15 is 0 Å². The number of aromatic amines is 1. The Morgan fingerprint density at radius 3 is 2.67 bits per heavy atom. The summed E-state index contributed by atoms with van der Waals surface area (Å²) >= 11 is 1.47. The topological polar surface area (TPSA) is 93.5 Å². The van der Waals surface area contributed by atoms with Gasteiger partial charge in [0.2, 0.25) is 0 Å². The van der Waals surface area contributed by atoms with E-state index in [0.717, 1.165) is 69.1 Å². The fourth-order valence-corrected chi connectivity index (χ4v) is 7.15. The standard InChI is InChI=1S/C27H32F3N7O2S/c1-16-24(18-3-7-36(8-4-18)13-17-5-9-39-10-6-17)40-26(33-16)23-20(12-27(28,29)30)22(34-35-23)19-11-21(38-2)25-31-15-32-37(25)14-19/h11,14-15,17-18H,3-10,12-13H2,1-2H3,(H,34,35). The maximum atomic E-state index is 13.8. The van der Waals surface area contributed by atoms with Crippen LogP contribution in [0.5, 0.6) is 5.75 Å². The third kappa shape index (κ3) is 5.59. The third-order valence-corrected chi connectivity index (χ3v) is 9.27. The van der Waals surface area contributed by atoms with Gasteiger partial charge < -0.3 is 14.4 Å². The molecule has 40 heavy (non-hydrogen) atoms. The number of nitrogens with zero attached hydrogens (tertiary/aromatic N) is 6. The van der Waals surface area contributed by atoms with Crippen molar-refractivity contribution in [2.75, 3.05) is 40.0 Å². The summed E-state index contributed by atoms with van der Waals surface area (Å²) in [6, 6.07) is 1.65. The molecule has 0 unspecified atom stereocenters. The van der Waals surface area contributed by atoms with E-state index in [0.29, 0.717) is 33.8 Å². The summed E-state index contributed by atoms with van der Waals surface area (Å²) < 4.78 is 53.8. The Bertz CT molecular complexity index is 1470. The summed E-state index contributed by atoms with van der Waals surface area (Å²) in [5.74, 6) is 1.45. The number of thiazole rings is 1. The molecule has 0 bridgehead atoms. The first-order valence-electron chi connectivity index (χ1n) is 13.6. The van der Waals surface area contributed by atoms with Gasteiger partial charge in [-0.3, -0.25) is 5.10 Å². The van der Waals surface area contributed by atoms with Gasteiger partial charge in [0, 0.05) is 42.0 Å². The fourth-order valence-electron chi connectivity index (χ4n) is 5.90. The van der Waals surface area contributed by atoms with Crippen molar-refractivity contribution < 1.29 is 22.6 Å². The Morgan fingerprint density at radius 1 is 1.18 bits per heavy atom. The monoisotopic (exact) mass is 575 g/mol. The van der Waals surface area contributed by atoms with Crippen molar-refractivity contribution in [3.05, 3.63) is 34.7 Å². The van der Waals surface area contributed by atoms with Crippen molar-refractivity contribution >= 4 is 17.0 Å². The van der Waals surface area contributed by atoms with Gasteiger partial charge in [-0.15, -0.1) is 11.3 Å². The Balaban J connectivity index is 1.27. The third-order valence-electron chi connectivity index (χ3n) is 7.95. The molecule has 1 N–H and O–H groups in total. The fraction of sp³-hybridized carbons (Fsp3) is 0.556. The highest BCUT2D eigenvalue weighted by molar-refractivity contribution is 7.15. The highest BCUT2D eigenvalue weighted by Crippen LogP contribution is 2.41. The lowest BCUT2D eigenvalue weighted by molar-refractivity contribution is -0.127. The Labute approximate surface area is 233 Å². The van der Waals surface area contributed by atoms with Gasteiger partial charge in [0.05, 0.1) is 24.9 Å². The van der Waals surface area contributed by atoms with E-state index in [-0.39, 0.29) is 17.0 Å². The van der Waals surface area contributed by atoms with Crippen LogP contribution in [0.2, 0.25) is 0 Å². The number of aryl methyl sites for hydroxylation is 1. The summed E-state index contributed by atoms with van der Waals surface area (Å²) in [4.78, 5) is 12.6. The number of aromatic nitrogens is 6. The molecular weight excluding hydrogens is 543 g/mol. The van der Waals surface area contributed by atoms with E-state index in [1.54, 1.807) is 12.3 Å². The first kappa shape index (κ1) is 27.2. The van der Waals surface area contributed by atoms with E-state index in [9.17, 15) is 13.2 Å². The summed E-state index contributed by atoms with van der Waals surface area (Å²) in [5.41, 5.74) is 2.37. The lowest BCUT2D eigenvalue weighted by atomic mass is 9.92. The molecule has 214 valence electrons. The molecule has 0 aliphatic carbocycles. The van der Waals surface area contributed by atoms with Crippen molar-refractivity contribution in [2.45, 2.75) is 51.1 Å². The van der Waals surface area contributed by atoms with E-state index in [4.69, 9.17) is 14.5 Å². The first-order chi connectivity index (χ1) is 19.3. The molecule has 0 saturated carbocycles. The number of nitrogens with one attached hydrogen (secondary N) is 1. The molecule has 2 aliphatic heterocycles. The first-order valence-corrected chi connectivity index (χ1v) is 14.4. The molecule has 0 aromatic carbocycles. The lowest BCUT2D eigenvalue weighted by Crippen LogP contribution is -2.38. The second kappa shape index (κ2) is 11.1. The van der Waals surface area contributed by atoms with Gasteiger partial charge in [0.25, 0.3) is 0 Å². The number of hydrogen-bond donors (Lipinski definition) is 1. The molecule has 2 aliphatic rings. The van der Waals surface area contributed by atoms with Gasteiger partial charge in [-0.25, -0.2) is 14.5 Å². The van der Waals surface area contributed by atoms with Crippen molar-refractivity contribution in [2.24, 2.45) is 5.92 Å². The van der Waals surface area contributed by atoms with Crippen molar-refractivity contribution in [3.63, 3.8) is 0 Å². The molecule has 9 nitrogen and oxygen atoms in total. The van der Waals surface area contributed by atoms with E-state index < -0.39 is 12.6 Å². The molecular formula is C27H32F3N7O2S. The van der Waals surface area contributed by atoms with Crippen LogP contribution in [-0.2, 0) is 11.2 Å². The van der Waals surface area contributed by atoms with Gasteiger partial charge in [-0.1, -0.05) is 0 Å². The summed E-state index contributed by atoms with van der Waals surface area (Å²) in [6.07, 6.45) is 1.72. The predicted octanol–water partition coefficient (Wildman–Crippen LogP) is 5.27. The second-order valence-corrected chi connectivity index (χ2v) is 11.7. The number of fused-ring (bicyclic) bond motifs is 1. The number of rotatable bonds is 7. The second-order valence-electron chi connectivity index (χ2n) is 10.6. The summed E-state index contributed by atoms with van der Waals surface area (Å²) in [6.45, 7) is 6.82. The van der Waals surface area contributed by atoms with Crippen LogP contribution in [0.15, 0.2) is 18.6 Å². The van der Waals surface area contributed by atoms with Gasteiger partial charge in [-0.2, -0.15) is 23.4 Å². The highest BCUT2D eigenvalue weighted by atomic mass is 32.1. The molecule has 2 saturated heterocycles. The molecule has 13 heteroatoms. The molecule has 0 spiro atoms. The largest absolute Gasteiger partial charge is 0.493 e. The van der Waals surface area contributed by atoms with Gasteiger partial charge in [0.1, 0.15) is 17.0 Å². The molecule has 0 amide bonds. The van der Waals surface area contributed by atoms with E-state index in [2.05, 4.69) is 25.2 Å². The molecule has 4 aromatic heterocycles. The van der Waals surface area contributed by atoms with Crippen LogP contribution in [0.1, 0.15) is 47.7 Å². The number of halogens is 3. The maximum absolute atomic E-state index is 13.8. The molecule has 6 heterocycles. The van der Waals surface area contributed by atoms with Gasteiger partial charge in [0.15, 0.2) is 11.4 Å². The number of alkyl halides is 3. The average molecular weight is 576 g/mol. The quantitative estimate of drug-likeness (QED) is 0.321. The van der Waals surface area contributed by atoms with Crippen molar-refractivity contribution in [1.82, 2.24) is 34.7 Å². The van der Waals surface area contributed by atoms with Crippen LogP contribution in [-0.4, -0.2) is 80.8 Å². The molecule has 4 aromatic rings. The number of methoxy groups -OCH3 is 1.